The van der Waals surface area contributed by atoms with E-state index in [1.54, 1.807) is 60.7 Å². The van der Waals surface area contributed by atoms with Crippen LogP contribution < -0.4 is 10.6 Å². The number of imidazole rings is 2. The Balaban J connectivity index is 0.854. The van der Waals surface area contributed by atoms with Crippen molar-refractivity contribution in [2.24, 2.45) is 11.8 Å². The molecule has 2 aliphatic heterocycles. The van der Waals surface area contributed by atoms with Crippen molar-refractivity contribution >= 4 is 79.1 Å². The lowest BCUT2D eigenvalue weighted by Gasteiger charge is -2.17. The van der Waals surface area contributed by atoms with Crippen LogP contribution in [0.15, 0.2) is 86.2 Å². The molecule has 2 aliphatic rings. The molecule has 0 radical (unpaired) electrons. The van der Waals surface area contributed by atoms with Crippen LogP contribution in [-0.2, 0) is 9.59 Å². The average Bonchev–Trinajstić information content (AvgIpc) is 4.29. The maximum absolute atomic E-state index is 14.6. The molecule has 2 fully saturated rings. The number of hydrogen-bond acceptors (Lipinski definition) is 14. The number of nitrogens with one attached hydrogen (secondary N) is 5. The number of rotatable bonds is 12. The summed E-state index contributed by atoms with van der Waals surface area (Å²) >= 11 is 0. The largest absolute Gasteiger partial charge is 0.339 e. The monoisotopic (exact) mass is 1000 g/mol. The summed E-state index contributed by atoms with van der Waals surface area (Å²) in [6.45, 7) is 9.73. The van der Waals surface area contributed by atoms with E-state index in [1.807, 2.05) is 61.5 Å². The maximum Gasteiger partial charge on any atom is 0.257 e. The van der Waals surface area contributed by atoms with E-state index in [-0.39, 0.29) is 41.5 Å². The van der Waals surface area contributed by atoms with Gasteiger partial charge in [0, 0.05) is 98.0 Å². The summed E-state index contributed by atoms with van der Waals surface area (Å²) in [5.41, 5.74) is 9.01. The molecule has 0 bridgehead atoms. The van der Waals surface area contributed by atoms with Gasteiger partial charge in [0.2, 0.25) is 11.8 Å². The summed E-state index contributed by atoms with van der Waals surface area (Å²) in [5.74, 6) is 0.264. The molecule has 10 aromatic rings. The summed E-state index contributed by atoms with van der Waals surface area (Å²) in [4.78, 5) is 101. The van der Waals surface area contributed by atoms with Crippen molar-refractivity contribution in [2.45, 2.75) is 59.4 Å². The van der Waals surface area contributed by atoms with Crippen molar-refractivity contribution < 1.29 is 19.2 Å². The number of anilines is 2. The van der Waals surface area contributed by atoms with Gasteiger partial charge in [-0.25, -0.2) is 24.6 Å². The second kappa shape index (κ2) is 18.9. The van der Waals surface area contributed by atoms with Gasteiger partial charge in [-0.05, 0) is 49.4 Å². The minimum absolute atomic E-state index is 0.0858. The van der Waals surface area contributed by atoms with E-state index in [9.17, 15) is 19.2 Å². The zero-order valence-electron chi connectivity index (χ0n) is 41.4. The van der Waals surface area contributed by atoms with Crippen molar-refractivity contribution in [3.8, 4) is 45.3 Å². The second-order valence-electron chi connectivity index (χ2n) is 19.8. The number of pyridine rings is 6. The summed E-state index contributed by atoms with van der Waals surface area (Å²) in [5, 5.41) is 20.0. The van der Waals surface area contributed by atoms with Crippen molar-refractivity contribution in [2.75, 3.05) is 36.8 Å². The smallest absolute Gasteiger partial charge is 0.257 e. The van der Waals surface area contributed by atoms with Gasteiger partial charge in [-0.15, -0.1) is 0 Å². The van der Waals surface area contributed by atoms with Crippen LogP contribution in [0.4, 0.5) is 11.4 Å². The summed E-state index contributed by atoms with van der Waals surface area (Å²) in [7, 11) is 0. The topological polar surface area (TPSA) is 280 Å². The molecule has 2 saturated heterocycles. The van der Waals surface area contributed by atoms with Crippen LogP contribution in [0.5, 0.6) is 0 Å². The van der Waals surface area contributed by atoms with E-state index >= 15 is 0 Å². The fraction of sp³-hybridized carbons (Fsp3) is 0.283. The first-order valence-electron chi connectivity index (χ1n) is 24.9. The third-order valence-electron chi connectivity index (χ3n) is 13.7. The van der Waals surface area contributed by atoms with Crippen LogP contribution in [0.1, 0.15) is 80.1 Å². The molecule has 10 aromatic heterocycles. The standard InChI is InChI=1S/C53H50N18O4/c1-27(2)11-42(72)60-33-12-29(16-54-20-33)31-14-36-45(66-67-47(36)58-18-31)48-62-40-24-57-23-39(44(40)64-48)53(75)70-10-7-35(26-70)71-50-37(15-32(19-59-50)30-13-34(21-55-17-30)61-51(73)28(3)4)46(68-71)49-63-41-25-56-22-38(43(41)65-49)52(74)69-8-5-6-9-69/h12-25,27-28,35H,5-11,26H2,1-4H3,(H,60,72)(H,61,73)(H,62,64)(H,63,65)(H,58,66,67). The van der Waals surface area contributed by atoms with Gasteiger partial charge in [0.15, 0.2) is 22.9 Å². The molecule has 4 amide bonds. The molecular weight excluding hydrogens is 953 g/mol. The molecule has 22 heteroatoms. The van der Waals surface area contributed by atoms with E-state index in [0.29, 0.717) is 129 Å². The molecule has 1 atom stereocenters. The van der Waals surface area contributed by atoms with Crippen LogP contribution in [0.2, 0.25) is 0 Å². The molecule has 1 unspecified atom stereocenters. The average molecular weight is 1000 g/mol. The predicted octanol–water partition coefficient (Wildman–Crippen LogP) is 7.61. The lowest BCUT2D eigenvalue weighted by atomic mass is 10.1. The molecule has 5 N–H and O–H groups in total. The van der Waals surface area contributed by atoms with E-state index in [0.717, 1.165) is 35.1 Å². The van der Waals surface area contributed by atoms with Crippen molar-refractivity contribution in [3.63, 3.8) is 0 Å². The summed E-state index contributed by atoms with van der Waals surface area (Å²) in [6, 6.07) is 7.32. The first-order valence-corrected chi connectivity index (χ1v) is 24.9. The van der Waals surface area contributed by atoms with Crippen molar-refractivity contribution in [3.05, 3.63) is 97.4 Å². The molecular formula is C53H50N18O4. The summed E-state index contributed by atoms with van der Waals surface area (Å²) < 4.78 is 1.85. The number of hydrogen-bond donors (Lipinski definition) is 5. The minimum atomic E-state index is -0.288. The van der Waals surface area contributed by atoms with Gasteiger partial charge in [0.1, 0.15) is 22.4 Å². The quantitative estimate of drug-likeness (QED) is 0.0788. The van der Waals surface area contributed by atoms with Crippen LogP contribution in [0.25, 0.3) is 89.4 Å². The van der Waals surface area contributed by atoms with Gasteiger partial charge >= 0.3 is 0 Å². The Hall–Kier alpha value is -9.34. The highest BCUT2D eigenvalue weighted by molar-refractivity contribution is 6.07. The Morgan fingerprint density at radius 3 is 1.88 bits per heavy atom. The van der Waals surface area contributed by atoms with Gasteiger partial charge < -0.3 is 30.4 Å². The number of carbonyl (C=O) groups excluding carboxylic acids is 4. The lowest BCUT2D eigenvalue weighted by Crippen LogP contribution is -2.29. The Bertz CT molecular complexity index is 3900. The number of aromatic nitrogens is 14. The Labute approximate surface area is 427 Å². The zero-order valence-corrected chi connectivity index (χ0v) is 41.4. The first-order chi connectivity index (χ1) is 36.4. The van der Waals surface area contributed by atoms with Gasteiger partial charge in [0.05, 0.1) is 75.1 Å². The Morgan fingerprint density at radius 1 is 0.640 bits per heavy atom. The Morgan fingerprint density at radius 2 is 1.23 bits per heavy atom. The van der Waals surface area contributed by atoms with E-state index < -0.39 is 0 Å². The van der Waals surface area contributed by atoms with E-state index in [4.69, 9.17) is 20.1 Å². The molecule has 0 aromatic carbocycles. The fourth-order valence-corrected chi connectivity index (χ4v) is 9.84. The fourth-order valence-electron chi connectivity index (χ4n) is 9.84. The second-order valence-corrected chi connectivity index (χ2v) is 19.8. The predicted molar refractivity (Wildman–Crippen MR) is 280 cm³/mol. The summed E-state index contributed by atoms with van der Waals surface area (Å²) in [6.07, 6.45) is 19.3. The number of aromatic amines is 3. The molecule has 376 valence electrons. The molecule has 0 saturated carbocycles. The highest BCUT2D eigenvalue weighted by Gasteiger charge is 2.33. The number of amides is 4. The van der Waals surface area contributed by atoms with Crippen LogP contribution in [0, 0.1) is 11.8 Å². The van der Waals surface area contributed by atoms with Crippen LogP contribution in [-0.4, -0.2) is 129 Å². The van der Waals surface area contributed by atoms with Crippen LogP contribution >= 0.6 is 0 Å². The van der Waals surface area contributed by atoms with Gasteiger partial charge in [-0.1, -0.05) is 27.7 Å². The minimum Gasteiger partial charge on any atom is -0.339 e. The molecule has 12 heterocycles. The number of nitrogens with zero attached hydrogens (tertiary/aromatic N) is 13. The molecule has 0 spiro atoms. The third-order valence-corrected chi connectivity index (χ3v) is 13.7. The Kier molecular flexibility index (Phi) is 11.8. The van der Waals surface area contributed by atoms with Crippen molar-refractivity contribution in [1.82, 2.24) is 79.6 Å². The van der Waals surface area contributed by atoms with E-state index in [1.165, 1.54) is 6.20 Å². The number of likely N-dealkylation sites (tertiary alicyclic amines) is 2. The van der Waals surface area contributed by atoms with Crippen LogP contribution in [0.3, 0.4) is 0 Å². The molecule has 0 aliphatic carbocycles. The molecule has 75 heavy (non-hydrogen) atoms. The van der Waals surface area contributed by atoms with Gasteiger partial charge in [0.25, 0.3) is 11.8 Å². The van der Waals surface area contributed by atoms with Gasteiger partial charge in [-0.2, -0.15) is 10.2 Å². The number of fused-ring (bicyclic) bond motifs is 4. The lowest BCUT2D eigenvalue weighted by molar-refractivity contribution is -0.119. The maximum atomic E-state index is 14.6. The first kappa shape index (κ1) is 46.7. The van der Waals surface area contributed by atoms with Crippen molar-refractivity contribution in [1.29, 1.82) is 0 Å². The zero-order chi connectivity index (χ0) is 51.5. The number of carbonyl (C=O) groups is 4. The molecule has 22 nitrogen and oxygen atoms in total. The highest BCUT2D eigenvalue weighted by Crippen LogP contribution is 2.36. The highest BCUT2D eigenvalue weighted by atomic mass is 16.2. The van der Waals surface area contributed by atoms with Gasteiger partial charge in [-0.3, -0.25) is 44.2 Å². The molecule has 12 rings (SSSR count). The van der Waals surface area contributed by atoms with E-state index in [2.05, 4.69) is 55.7 Å². The number of H-pyrrole nitrogens is 3. The third kappa shape index (κ3) is 8.82. The SMILES string of the molecule is CC(C)CC(=O)Nc1cncc(-c2cnc3[nH]nc(-c4nc5c(C(=O)N6CCC(n7nc(-c8nc9c(C(=O)N%10CCCC%10)cncc9[nH]8)c8cc(-c9cncc(NC(=O)C(C)C)c9)cnc87)C6)cncc5[nH]4)c3c2)c1. The normalized spacial score (nSPS) is 14.9.